The van der Waals surface area contributed by atoms with Crippen molar-refractivity contribution in [2.75, 3.05) is 13.1 Å². The monoisotopic (exact) mass is 208 g/mol. The molecular formula is C10H16N4O. The molecule has 1 aromatic heterocycles. The van der Waals surface area contributed by atoms with Crippen LogP contribution in [-0.4, -0.2) is 34.6 Å². The Labute approximate surface area is 88.9 Å². The van der Waals surface area contributed by atoms with Crippen LogP contribution >= 0.6 is 0 Å². The minimum absolute atomic E-state index is 0.0671. The van der Waals surface area contributed by atoms with Gasteiger partial charge < -0.3 is 15.2 Å². The van der Waals surface area contributed by atoms with Crippen LogP contribution < -0.4 is 10.6 Å². The van der Waals surface area contributed by atoms with Crippen molar-refractivity contribution in [2.24, 2.45) is 7.05 Å². The zero-order valence-corrected chi connectivity index (χ0v) is 8.86. The minimum atomic E-state index is -0.0671. The maximum Gasteiger partial charge on any atom is 0.271 e. The fraction of sp³-hybridized carbons (Fsp3) is 0.600. The molecule has 0 aromatic carbocycles. The predicted octanol–water partition coefficient (Wildman–Crippen LogP) is -0.0981. The lowest BCUT2D eigenvalue weighted by atomic mass is 10.1. The fourth-order valence-electron chi connectivity index (χ4n) is 1.76. The molecule has 0 radical (unpaired) electrons. The number of rotatable bonds is 2. The van der Waals surface area contributed by atoms with Gasteiger partial charge in [-0.3, -0.25) is 4.79 Å². The number of carbonyl (C=O) groups excluding carboxylic acids is 1. The Balaban J connectivity index is 1.91. The average molecular weight is 208 g/mol. The van der Waals surface area contributed by atoms with Crippen molar-refractivity contribution in [1.82, 2.24) is 20.2 Å². The Morgan fingerprint density at radius 2 is 2.33 bits per heavy atom. The summed E-state index contributed by atoms with van der Waals surface area (Å²) in [5, 5.41) is 6.25. The Morgan fingerprint density at radius 3 is 2.93 bits per heavy atom. The van der Waals surface area contributed by atoms with Gasteiger partial charge >= 0.3 is 0 Å². The van der Waals surface area contributed by atoms with Gasteiger partial charge in [0.25, 0.3) is 5.91 Å². The molecule has 2 heterocycles. The molecule has 0 bridgehead atoms. The number of hydrogen-bond donors (Lipinski definition) is 2. The summed E-state index contributed by atoms with van der Waals surface area (Å²) in [5.74, 6) is -0.0671. The van der Waals surface area contributed by atoms with Crippen molar-refractivity contribution in [1.29, 1.82) is 0 Å². The van der Waals surface area contributed by atoms with Crippen molar-refractivity contribution in [2.45, 2.75) is 18.9 Å². The highest BCUT2D eigenvalue weighted by Crippen LogP contribution is 2.03. The van der Waals surface area contributed by atoms with Crippen LogP contribution in [0.3, 0.4) is 0 Å². The maximum absolute atomic E-state index is 11.7. The van der Waals surface area contributed by atoms with E-state index in [9.17, 15) is 4.79 Å². The predicted molar refractivity (Wildman–Crippen MR) is 56.6 cm³/mol. The molecule has 0 aliphatic carbocycles. The van der Waals surface area contributed by atoms with E-state index in [4.69, 9.17) is 0 Å². The highest BCUT2D eigenvalue weighted by Gasteiger charge is 2.17. The van der Waals surface area contributed by atoms with E-state index < -0.39 is 0 Å². The molecule has 5 nitrogen and oxygen atoms in total. The first kappa shape index (κ1) is 10.2. The Kier molecular flexibility index (Phi) is 3.01. The van der Waals surface area contributed by atoms with Crippen LogP contribution in [0.25, 0.3) is 0 Å². The van der Waals surface area contributed by atoms with Gasteiger partial charge in [-0.1, -0.05) is 0 Å². The average Bonchev–Trinajstić information content (AvgIpc) is 2.66. The summed E-state index contributed by atoms with van der Waals surface area (Å²) >= 11 is 0. The number of aromatic nitrogens is 2. The quantitative estimate of drug-likeness (QED) is 0.713. The number of nitrogens with one attached hydrogen (secondary N) is 2. The first-order chi connectivity index (χ1) is 7.25. The molecule has 0 saturated carbocycles. The molecule has 2 rings (SSSR count). The van der Waals surface area contributed by atoms with Gasteiger partial charge in [-0.2, -0.15) is 0 Å². The van der Waals surface area contributed by atoms with Gasteiger partial charge in [-0.05, 0) is 25.9 Å². The molecule has 1 amide bonds. The molecular weight excluding hydrogens is 192 g/mol. The smallest absolute Gasteiger partial charge is 0.271 e. The second kappa shape index (κ2) is 4.44. The maximum atomic E-state index is 11.7. The van der Waals surface area contributed by atoms with E-state index in [1.807, 2.05) is 7.05 Å². The third kappa shape index (κ3) is 2.56. The van der Waals surface area contributed by atoms with Gasteiger partial charge in [-0.15, -0.1) is 0 Å². The molecule has 0 atom stereocenters. The lowest BCUT2D eigenvalue weighted by Gasteiger charge is -2.23. The van der Waals surface area contributed by atoms with Crippen LogP contribution in [0.4, 0.5) is 0 Å². The molecule has 1 aliphatic rings. The minimum Gasteiger partial charge on any atom is -0.348 e. The molecule has 1 saturated heterocycles. The number of piperidine rings is 1. The van der Waals surface area contributed by atoms with E-state index in [1.165, 1.54) is 0 Å². The van der Waals surface area contributed by atoms with Gasteiger partial charge in [0.1, 0.15) is 5.69 Å². The number of amides is 1. The summed E-state index contributed by atoms with van der Waals surface area (Å²) in [4.78, 5) is 15.7. The topological polar surface area (TPSA) is 59.0 Å². The lowest BCUT2D eigenvalue weighted by molar-refractivity contribution is 0.0925. The first-order valence-corrected chi connectivity index (χ1v) is 5.25. The third-order valence-electron chi connectivity index (χ3n) is 2.61. The second-order valence-electron chi connectivity index (χ2n) is 3.92. The van der Waals surface area contributed by atoms with Crippen molar-refractivity contribution < 1.29 is 4.79 Å². The number of imidazole rings is 1. The highest BCUT2D eigenvalue weighted by molar-refractivity contribution is 5.92. The Hall–Kier alpha value is -1.36. The van der Waals surface area contributed by atoms with E-state index in [2.05, 4.69) is 15.6 Å². The molecule has 5 heteroatoms. The second-order valence-corrected chi connectivity index (χ2v) is 3.92. The van der Waals surface area contributed by atoms with Crippen LogP contribution in [0, 0.1) is 0 Å². The summed E-state index contributed by atoms with van der Waals surface area (Å²) in [6.07, 6.45) is 5.37. The summed E-state index contributed by atoms with van der Waals surface area (Å²) in [7, 11) is 1.86. The van der Waals surface area contributed by atoms with E-state index in [0.29, 0.717) is 11.7 Å². The van der Waals surface area contributed by atoms with Crippen LogP contribution in [0.2, 0.25) is 0 Å². The Morgan fingerprint density at radius 1 is 1.60 bits per heavy atom. The van der Waals surface area contributed by atoms with Crippen molar-refractivity contribution >= 4 is 5.91 Å². The molecule has 82 valence electrons. The molecule has 0 unspecified atom stereocenters. The van der Waals surface area contributed by atoms with Crippen molar-refractivity contribution in [3.05, 3.63) is 18.2 Å². The zero-order valence-electron chi connectivity index (χ0n) is 8.86. The van der Waals surface area contributed by atoms with E-state index in [-0.39, 0.29) is 5.91 Å². The van der Waals surface area contributed by atoms with Gasteiger partial charge in [0.15, 0.2) is 0 Å². The fourth-order valence-corrected chi connectivity index (χ4v) is 1.76. The molecule has 1 fully saturated rings. The van der Waals surface area contributed by atoms with Crippen molar-refractivity contribution in [3.8, 4) is 0 Å². The van der Waals surface area contributed by atoms with Gasteiger partial charge in [0, 0.05) is 19.3 Å². The number of carbonyl (C=O) groups is 1. The van der Waals surface area contributed by atoms with Crippen molar-refractivity contribution in [3.63, 3.8) is 0 Å². The van der Waals surface area contributed by atoms with E-state index in [0.717, 1.165) is 25.9 Å². The zero-order chi connectivity index (χ0) is 10.7. The summed E-state index contributed by atoms with van der Waals surface area (Å²) in [6.45, 7) is 1.96. The van der Waals surface area contributed by atoms with Gasteiger partial charge in [0.2, 0.25) is 0 Å². The number of nitrogens with zero attached hydrogens (tertiary/aromatic N) is 2. The van der Waals surface area contributed by atoms with Gasteiger partial charge in [0.05, 0.1) is 6.33 Å². The number of hydrogen-bond acceptors (Lipinski definition) is 3. The van der Waals surface area contributed by atoms with Crippen LogP contribution in [0.5, 0.6) is 0 Å². The normalized spacial score (nSPS) is 17.7. The first-order valence-electron chi connectivity index (χ1n) is 5.25. The van der Waals surface area contributed by atoms with Crippen LogP contribution in [-0.2, 0) is 7.05 Å². The SMILES string of the molecule is Cn1cnc(C(=O)NC2CCNCC2)c1. The molecule has 1 aromatic rings. The van der Waals surface area contributed by atoms with Crippen LogP contribution in [0.15, 0.2) is 12.5 Å². The van der Waals surface area contributed by atoms with E-state index >= 15 is 0 Å². The standard InChI is InChI=1S/C10H16N4O/c1-14-6-9(12-7-14)10(15)13-8-2-4-11-5-3-8/h6-8,11H,2-5H2,1H3,(H,13,15). The van der Waals surface area contributed by atoms with Crippen LogP contribution in [0.1, 0.15) is 23.3 Å². The molecule has 15 heavy (non-hydrogen) atoms. The highest BCUT2D eigenvalue weighted by atomic mass is 16.2. The lowest BCUT2D eigenvalue weighted by Crippen LogP contribution is -2.42. The molecule has 2 N–H and O–H groups in total. The summed E-state index contributed by atoms with van der Waals surface area (Å²) in [6, 6.07) is 0.292. The van der Waals surface area contributed by atoms with E-state index in [1.54, 1.807) is 17.1 Å². The number of aryl methyl sites for hydroxylation is 1. The summed E-state index contributed by atoms with van der Waals surface area (Å²) in [5.41, 5.74) is 0.496. The summed E-state index contributed by atoms with van der Waals surface area (Å²) < 4.78 is 1.78. The molecule has 0 spiro atoms. The van der Waals surface area contributed by atoms with Gasteiger partial charge in [-0.25, -0.2) is 4.98 Å². The molecule has 1 aliphatic heterocycles. The third-order valence-corrected chi connectivity index (χ3v) is 2.61. The largest absolute Gasteiger partial charge is 0.348 e. The Bertz CT molecular complexity index is 341.